The minimum Gasteiger partial charge on any atom is -0.320 e. The summed E-state index contributed by atoms with van der Waals surface area (Å²) in [4.78, 5) is 35.2. The largest absolute Gasteiger partial charge is 0.320 e. The quantitative estimate of drug-likeness (QED) is 0.667. The van der Waals surface area contributed by atoms with Gasteiger partial charge in [-0.25, -0.2) is 19.3 Å². The van der Waals surface area contributed by atoms with E-state index in [4.69, 9.17) is 0 Å². The van der Waals surface area contributed by atoms with E-state index in [9.17, 15) is 9.18 Å². The van der Waals surface area contributed by atoms with Gasteiger partial charge >= 0.3 is 0 Å². The lowest BCUT2D eigenvalue weighted by molar-refractivity contribution is -0.122. The number of hydrogen-bond acceptors (Lipinski definition) is 6. The average Bonchev–Trinajstić information content (AvgIpc) is 2.94. The fraction of sp³-hybridized carbons (Fsp3) is 0.381. The number of nitrogens with zero attached hydrogens (tertiary/aromatic N) is 6. The van der Waals surface area contributed by atoms with Crippen LogP contribution in [0.2, 0.25) is 0 Å². The third kappa shape index (κ3) is 2.73. The SMILES string of the molecule is CC1(C)C(=O)N(C2CCCCN2c2ncc3cc(F)ccc3n2)c2nccnc21. The lowest BCUT2D eigenvalue weighted by Gasteiger charge is -2.41. The highest BCUT2D eigenvalue weighted by Gasteiger charge is 2.50. The molecule has 0 aliphatic carbocycles. The van der Waals surface area contributed by atoms with E-state index in [-0.39, 0.29) is 17.9 Å². The Bertz CT molecular complexity index is 1120. The van der Waals surface area contributed by atoms with Gasteiger partial charge in [0.1, 0.15) is 12.0 Å². The summed E-state index contributed by atoms with van der Waals surface area (Å²) in [6.45, 7) is 4.51. The first-order valence-corrected chi connectivity index (χ1v) is 9.81. The number of carbonyl (C=O) groups is 1. The Morgan fingerprint density at radius 2 is 1.97 bits per heavy atom. The first-order chi connectivity index (χ1) is 14.0. The Labute approximate surface area is 167 Å². The van der Waals surface area contributed by atoms with Crippen molar-refractivity contribution in [2.45, 2.75) is 44.7 Å². The highest BCUT2D eigenvalue weighted by atomic mass is 19.1. The third-order valence-electron chi connectivity index (χ3n) is 5.81. The van der Waals surface area contributed by atoms with E-state index in [1.165, 1.54) is 12.1 Å². The number of halogens is 1. The molecule has 29 heavy (non-hydrogen) atoms. The second-order valence-corrected chi connectivity index (χ2v) is 8.07. The second kappa shape index (κ2) is 6.43. The number of amides is 1. The topological polar surface area (TPSA) is 75.1 Å². The van der Waals surface area contributed by atoms with Crippen LogP contribution >= 0.6 is 0 Å². The van der Waals surface area contributed by atoms with Crippen molar-refractivity contribution in [2.24, 2.45) is 0 Å². The number of fused-ring (bicyclic) bond motifs is 2. The Morgan fingerprint density at radius 1 is 1.14 bits per heavy atom. The summed E-state index contributed by atoms with van der Waals surface area (Å²) in [6, 6.07) is 4.47. The van der Waals surface area contributed by atoms with Gasteiger partial charge in [0.25, 0.3) is 0 Å². The normalized spacial score (nSPS) is 20.9. The number of anilines is 2. The molecule has 1 unspecified atom stereocenters. The van der Waals surface area contributed by atoms with Crippen LogP contribution < -0.4 is 9.80 Å². The van der Waals surface area contributed by atoms with Crippen LogP contribution in [0, 0.1) is 5.82 Å². The van der Waals surface area contributed by atoms with E-state index in [1.807, 2.05) is 13.8 Å². The maximum Gasteiger partial charge on any atom is 0.241 e. The number of benzene rings is 1. The summed E-state index contributed by atoms with van der Waals surface area (Å²) in [7, 11) is 0. The summed E-state index contributed by atoms with van der Waals surface area (Å²) >= 11 is 0. The minimum atomic E-state index is -0.728. The van der Waals surface area contributed by atoms with E-state index in [1.54, 1.807) is 29.6 Å². The number of carbonyl (C=O) groups excluding carboxylic acids is 1. The second-order valence-electron chi connectivity index (χ2n) is 8.07. The van der Waals surface area contributed by atoms with Gasteiger partial charge in [0.05, 0.1) is 16.6 Å². The van der Waals surface area contributed by atoms with Gasteiger partial charge in [-0.15, -0.1) is 0 Å². The highest BCUT2D eigenvalue weighted by Crippen LogP contribution is 2.42. The van der Waals surface area contributed by atoms with Gasteiger partial charge in [0.2, 0.25) is 11.9 Å². The molecule has 2 aliphatic heterocycles. The maximum absolute atomic E-state index is 13.5. The highest BCUT2D eigenvalue weighted by molar-refractivity contribution is 6.06. The number of piperidine rings is 1. The molecule has 1 fully saturated rings. The van der Waals surface area contributed by atoms with Crippen molar-refractivity contribution in [1.82, 2.24) is 19.9 Å². The molecule has 1 aromatic carbocycles. The zero-order chi connectivity index (χ0) is 20.2. The molecule has 7 nitrogen and oxygen atoms in total. The first kappa shape index (κ1) is 17.9. The van der Waals surface area contributed by atoms with Crippen molar-refractivity contribution < 1.29 is 9.18 Å². The monoisotopic (exact) mass is 392 g/mol. The number of hydrogen-bond donors (Lipinski definition) is 0. The Kier molecular flexibility index (Phi) is 3.97. The van der Waals surface area contributed by atoms with Crippen molar-refractivity contribution in [3.8, 4) is 0 Å². The summed E-state index contributed by atoms with van der Waals surface area (Å²) in [5.74, 6) is 0.822. The third-order valence-corrected chi connectivity index (χ3v) is 5.81. The summed E-state index contributed by atoms with van der Waals surface area (Å²) < 4.78 is 13.5. The molecule has 0 spiro atoms. The fourth-order valence-electron chi connectivity index (χ4n) is 4.27. The minimum absolute atomic E-state index is 0.0153. The molecule has 0 bridgehead atoms. The van der Waals surface area contributed by atoms with Crippen LogP contribution in [0.15, 0.2) is 36.8 Å². The van der Waals surface area contributed by atoms with Gasteiger partial charge < -0.3 is 4.90 Å². The molecule has 8 heteroatoms. The summed E-state index contributed by atoms with van der Waals surface area (Å²) in [5, 5.41) is 0.650. The molecule has 2 aromatic heterocycles. The van der Waals surface area contributed by atoms with Crippen LogP contribution in [0.4, 0.5) is 16.2 Å². The molecule has 4 heterocycles. The Morgan fingerprint density at radius 3 is 2.83 bits per heavy atom. The molecule has 148 valence electrons. The first-order valence-electron chi connectivity index (χ1n) is 9.81. The van der Waals surface area contributed by atoms with E-state index in [2.05, 4.69) is 24.8 Å². The summed E-state index contributed by atoms with van der Waals surface area (Å²) in [6.07, 6.45) is 7.43. The molecule has 2 aliphatic rings. The molecule has 0 radical (unpaired) electrons. The fourth-order valence-corrected chi connectivity index (χ4v) is 4.27. The lowest BCUT2D eigenvalue weighted by atomic mass is 9.91. The van der Waals surface area contributed by atoms with Gasteiger partial charge in [-0.1, -0.05) is 0 Å². The van der Waals surface area contributed by atoms with Crippen molar-refractivity contribution in [2.75, 3.05) is 16.3 Å². The average molecular weight is 392 g/mol. The maximum atomic E-state index is 13.5. The van der Waals surface area contributed by atoms with Crippen LogP contribution in [0.3, 0.4) is 0 Å². The molecule has 1 atom stereocenters. The Balaban J connectivity index is 1.58. The molecule has 0 saturated carbocycles. The van der Waals surface area contributed by atoms with Crippen LogP contribution in [0.1, 0.15) is 38.8 Å². The molecule has 1 saturated heterocycles. The molecular formula is C21H21FN6O. The van der Waals surface area contributed by atoms with Gasteiger partial charge in [0, 0.05) is 30.5 Å². The van der Waals surface area contributed by atoms with Gasteiger partial charge in [0.15, 0.2) is 5.82 Å². The van der Waals surface area contributed by atoms with Crippen LogP contribution in [0.25, 0.3) is 10.9 Å². The van der Waals surface area contributed by atoms with Gasteiger partial charge in [-0.05, 0) is 51.3 Å². The molecular weight excluding hydrogens is 371 g/mol. The summed E-state index contributed by atoms with van der Waals surface area (Å²) in [5.41, 5.74) is 0.647. The Hall–Kier alpha value is -3.16. The molecule has 0 N–H and O–H groups in total. The van der Waals surface area contributed by atoms with E-state index in [0.29, 0.717) is 28.4 Å². The lowest BCUT2D eigenvalue weighted by Crippen LogP contribution is -2.55. The van der Waals surface area contributed by atoms with Crippen molar-refractivity contribution in [1.29, 1.82) is 0 Å². The predicted molar refractivity (Wildman–Crippen MR) is 107 cm³/mol. The molecule has 3 aromatic rings. The van der Waals surface area contributed by atoms with E-state index < -0.39 is 5.41 Å². The zero-order valence-corrected chi connectivity index (χ0v) is 16.3. The molecule has 5 rings (SSSR count). The van der Waals surface area contributed by atoms with E-state index >= 15 is 0 Å². The van der Waals surface area contributed by atoms with E-state index in [0.717, 1.165) is 25.8 Å². The van der Waals surface area contributed by atoms with Crippen molar-refractivity contribution in [3.05, 3.63) is 48.3 Å². The number of rotatable bonds is 2. The predicted octanol–water partition coefficient (Wildman–Crippen LogP) is 3.20. The standard InChI is InChI=1S/C21H21FN6O/c1-21(2)17-18(24-9-8-23-17)28(19(21)29)16-5-3-4-10-27(16)20-25-12-13-11-14(22)6-7-15(13)26-20/h6-9,11-12,16H,3-5,10H2,1-2H3. The van der Waals surface area contributed by atoms with Crippen LogP contribution in [-0.4, -0.2) is 38.6 Å². The van der Waals surface area contributed by atoms with Gasteiger partial charge in [-0.2, -0.15) is 0 Å². The van der Waals surface area contributed by atoms with Crippen LogP contribution in [-0.2, 0) is 10.2 Å². The van der Waals surface area contributed by atoms with Gasteiger partial charge in [-0.3, -0.25) is 14.7 Å². The number of aromatic nitrogens is 4. The van der Waals surface area contributed by atoms with Crippen molar-refractivity contribution in [3.63, 3.8) is 0 Å². The zero-order valence-electron chi connectivity index (χ0n) is 16.3. The van der Waals surface area contributed by atoms with Crippen LogP contribution in [0.5, 0.6) is 0 Å². The van der Waals surface area contributed by atoms with Crippen molar-refractivity contribution >= 4 is 28.6 Å². The molecule has 1 amide bonds. The smallest absolute Gasteiger partial charge is 0.241 e.